The van der Waals surface area contributed by atoms with E-state index in [1.807, 2.05) is 24.4 Å². The molecule has 0 saturated heterocycles. The molecule has 7 nitrogen and oxygen atoms in total. The molecule has 0 amide bonds. The molecule has 1 fully saturated rings. The number of aliphatic hydroxyl groups is 1. The van der Waals surface area contributed by atoms with E-state index in [1.165, 1.54) is 30.4 Å². The molecule has 1 saturated carbocycles. The first-order chi connectivity index (χ1) is 14.1. The lowest BCUT2D eigenvalue weighted by molar-refractivity contribution is 0.0441. The minimum Gasteiger partial charge on any atom is -0.385 e. The lowest BCUT2D eigenvalue weighted by atomic mass is 9.94. The fraction of sp³-hybridized carbons (Fsp3) is 0.400. The van der Waals surface area contributed by atoms with E-state index in [4.69, 9.17) is 40.7 Å². The Kier molecular flexibility index (Phi) is 11.1. The van der Waals surface area contributed by atoms with Crippen LogP contribution < -0.4 is 0 Å². The summed E-state index contributed by atoms with van der Waals surface area (Å²) < 4.78 is 31.6. The number of allylic oxidation sites excluding steroid dienone is 2. The molecule has 2 heterocycles. The smallest absolute Gasteiger partial charge is 0.385 e. The molecule has 0 aromatic carbocycles. The largest absolute Gasteiger partial charge is 0.394 e. The van der Waals surface area contributed by atoms with Crippen molar-refractivity contribution in [3.05, 3.63) is 64.2 Å². The Morgan fingerprint density at radius 3 is 1.87 bits per heavy atom. The molecule has 167 valence electrons. The van der Waals surface area contributed by atoms with Crippen LogP contribution >= 0.6 is 23.2 Å². The number of rotatable bonds is 2. The summed E-state index contributed by atoms with van der Waals surface area (Å²) in [6.45, 7) is 0. The molecule has 0 aliphatic heterocycles. The highest BCUT2D eigenvalue weighted by molar-refractivity contribution is 7.79. The van der Waals surface area contributed by atoms with Gasteiger partial charge < -0.3 is 5.11 Å². The fourth-order valence-corrected chi connectivity index (χ4v) is 3.62. The molecule has 3 N–H and O–H groups in total. The van der Waals surface area contributed by atoms with Gasteiger partial charge in [-0.3, -0.25) is 9.11 Å². The molecule has 2 aliphatic carbocycles. The van der Waals surface area contributed by atoms with Crippen molar-refractivity contribution in [2.45, 2.75) is 50.5 Å². The van der Waals surface area contributed by atoms with E-state index in [9.17, 15) is 5.11 Å². The van der Waals surface area contributed by atoms with E-state index >= 15 is 0 Å². The first kappa shape index (κ1) is 27.5. The normalized spacial score (nSPS) is 16.7. The standard InChI is InChI=1S/C10H12ClNO.C10H10ClN.B.H2O4S/c11-9-4-3-8(7-12-9)10(13)5-1-2-6-10;11-10-6-5-9(7-12-10)8-3-1-2-4-8;;1-5(2,3)4/h3-4,7,13H,1-2,5-6H2;3,5-7H,1-2,4H2;;(H2,1,2,3,4). The summed E-state index contributed by atoms with van der Waals surface area (Å²) >= 11 is 11.4. The number of halogens is 2. The summed E-state index contributed by atoms with van der Waals surface area (Å²) in [4.78, 5) is 8.02. The van der Waals surface area contributed by atoms with Crippen molar-refractivity contribution in [2.24, 2.45) is 0 Å². The Bertz CT molecular complexity index is 941. The van der Waals surface area contributed by atoms with Crippen LogP contribution in [0.15, 0.2) is 42.7 Å². The van der Waals surface area contributed by atoms with Crippen LogP contribution in [0.1, 0.15) is 56.1 Å². The molecule has 4 rings (SSSR count). The Balaban J connectivity index is 0.000000250. The Hall–Kier alpha value is -1.49. The predicted octanol–water partition coefficient (Wildman–Crippen LogP) is 4.77. The molecule has 0 bridgehead atoms. The minimum absolute atomic E-state index is 0. The monoisotopic (exact) mass is 485 g/mol. The second-order valence-corrected chi connectivity index (χ2v) is 8.72. The van der Waals surface area contributed by atoms with E-state index < -0.39 is 16.0 Å². The molecule has 31 heavy (non-hydrogen) atoms. The van der Waals surface area contributed by atoms with Gasteiger partial charge in [0, 0.05) is 26.4 Å². The molecule has 2 aromatic heterocycles. The summed E-state index contributed by atoms with van der Waals surface area (Å²) in [5, 5.41) is 11.2. The first-order valence-electron chi connectivity index (χ1n) is 9.42. The zero-order valence-electron chi connectivity index (χ0n) is 16.8. The predicted molar refractivity (Wildman–Crippen MR) is 123 cm³/mol. The average Bonchev–Trinajstić information content (AvgIpc) is 3.35. The Morgan fingerprint density at radius 1 is 0.903 bits per heavy atom. The van der Waals surface area contributed by atoms with E-state index in [0.29, 0.717) is 10.3 Å². The van der Waals surface area contributed by atoms with E-state index in [-0.39, 0.29) is 8.41 Å². The number of hydrogen-bond donors (Lipinski definition) is 3. The second kappa shape index (κ2) is 12.5. The molecular weight excluding hydrogens is 462 g/mol. The summed E-state index contributed by atoms with van der Waals surface area (Å²) in [5.41, 5.74) is 2.89. The third-order valence-corrected chi connectivity index (χ3v) is 5.28. The molecule has 11 heteroatoms. The first-order valence-corrected chi connectivity index (χ1v) is 11.6. The van der Waals surface area contributed by atoms with Gasteiger partial charge in [-0.25, -0.2) is 9.97 Å². The highest BCUT2D eigenvalue weighted by atomic mass is 35.5. The third kappa shape index (κ3) is 10.1. The van der Waals surface area contributed by atoms with Gasteiger partial charge in [-0.1, -0.05) is 54.3 Å². The lowest BCUT2D eigenvalue weighted by Crippen LogP contribution is -2.20. The van der Waals surface area contributed by atoms with Gasteiger partial charge in [-0.2, -0.15) is 8.42 Å². The van der Waals surface area contributed by atoms with Crippen molar-refractivity contribution >= 4 is 47.6 Å². The third-order valence-electron chi connectivity index (χ3n) is 4.83. The lowest BCUT2D eigenvalue weighted by Gasteiger charge is -2.21. The van der Waals surface area contributed by atoms with Gasteiger partial charge >= 0.3 is 10.4 Å². The van der Waals surface area contributed by atoms with Crippen LogP contribution in [0, 0.1) is 0 Å². The van der Waals surface area contributed by atoms with Gasteiger partial charge in [0.15, 0.2) is 0 Å². The highest BCUT2D eigenvalue weighted by Gasteiger charge is 2.32. The highest BCUT2D eigenvalue weighted by Crippen LogP contribution is 2.38. The number of aromatic nitrogens is 2. The summed E-state index contributed by atoms with van der Waals surface area (Å²) in [7, 11) is -4.67. The van der Waals surface area contributed by atoms with E-state index in [0.717, 1.165) is 31.2 Å². The minimum atomic E-state index is -4.67. The zero-order chi connectivity index (χ0) is 22.2. The van der Waals surface area contributed by atoms with Crippen LogP contribution in [0.4, 0.5) is 0 Å². The Morgan fingerprint density at radius 2 is 1.45 bits per heavy atom. The van der Waals surface area contributed by atoms with E-state index in [1.54, 1.807) is 12.3 Å². The van der Waals surface area contributed by atoms with Gasteiger partial charge in [0.25, 0.3) is 0 Å². The van der Waals surface area contributed by atoms with Gasteiger partial charge in [-0.05, 0) is 55.4 Å². The number of pyridine rings is 2. The SMILES string of the molecule is Clc1ccc(C2=CCCC2)cn1.O=S(=O)(O)O.OC1(c2ccc(Cl)nc2)CCCC1.[B]. The van der Waals surface area contributed by atoms with Crippen molar-refractivity contribution in [2.75, 3.05) is 0 Å². The van der Waals surface area contributed by atoms with Crippen molar-refractivity contribution in [3.8, 4) is 0 Å². The maximum absolute atomic E-state index is 10.2. The van der Waals surface area contributed by atoms with Crippen LogP contribution in [0.25, 0.3) is 5.57 Å². The molecular formula is C20H24BCl2N2O5S. The Labute approximate surface area is 194 Å². The molecule has 2 aliphatic rings. The van der Waals surface area contributed by atoms with Crippen LogP contribution in [0.2, 0.25) is 10.3 Å². The molecule has 0 spiro atoms. The molecule has 2 aromatic rings. The molecule has 0 atom stereocenters. The fourth-order valence-electron chi connectivity index (χ4n) is 3.40. The van der Waals surface area contributed by atoms with Gasteiger partial charge in [0.2, 0.25) is 0 Å². The average molecular weight is 486 g/mol. The van der Waals surface area contributed by atoms with Crippen molar-refractivity contribution in [1.82, 2.24) is 9.97 Å². The maximum Gasteiger partial charge on any atom is 0.394 e. The van der Waals surface area contributed by atoms with E-state index in [2.05, 4.69) is 16.0 Å². The van der Waals surface area contributed by atoms with Gasteiger partial charge in [-0.15, -0.1) is 0 Å². The van der Waals surface area contributed by atoms with Crippen molar-refractivity contribution in [1.29, 1.82) is 0 Å². The number of nitrogens with zero attached hydrogens (tertiary/aromatic N) is 2. The number of hydrogen-bond acceptors (Lipinski definition) is 5. The zero-order valence-corrected chi connectivity index (χ0v) is 19.1. The van der Waals surface area contributed by atoms with Crippen LogP contribution in [0.3, 0.4) is 0 Å². The van der Waals surface area contributed by atoms with Crippen LogP contribution in [0.5, 0.6) is 0 Å². The van der Waals surface area contributed by atoms with Gasteiger partial charge in [0.1, 0.15) is 10.3 Å². The van der Waals surface area contributed by atoms with Crippen LogP contribution in [-0.4, -0.2) is 41.0 Å². The van der Waals surface area contributed by atoms with Crippen LogP contribution in [-0.2, 0) is 16.0 Å². The van der Waals surface area contributed by atoms with Gasteiger partial charge in [0.05, 0.1) is 5.60 Å². The second-order valence-electron chi connectivity index (χ2n) is 7.05. The quantitative estimate of drug-likeness (QED) is 0.318. The molecule has 3 radical (unpaired) electrons. The topological polar surface area (TPSA) is 121 Å². The van der Waals surface area contributed by atoms with Crippen molar-refractivity contribution < 1.29 is 22.6 Å². The summed E-state index contributed by atoms with van der Waals surface area (Å²) in [5.74, 6) is 0. The van der Waals surface area contributed by atoms with Crippen molar-refractivity contribution in [3.63, 3.8) is 0 Å². The maximum atomic E-state index is 10.2. The summed E-state index contributed by atoms with van der Waals surface area (Å²) in [6.07, 6.45) is 13.3. The molecule has 0 unspecified atom stereocenters. The summed E-state index contributed by atoms with van der Waals surface area (Å²) in [6, 6.07) is 7.47.